The number of anilines is 1. The summed E-state index contributed by atoms with van der Waals surface area (Å²) in [6.45, 7) is 3.92. The predicted molar refractivity (Wildman–Crippen MR) is 70.6 cm³/mol. The Kier molecular flexibility index (Phi) is 4.22. The molecule has 1 aliphatic rings. The molecule has 1 saturated heterocycles. The molecular formula is C14H19F3N2O. The van der Waals surface area contributed by atoms with E-state index in [-0.39, 0.29) is 19.6 Å². The Balaban J connectivity index is 2.31. The molecule has 0 spiro atoms. The minimum Gasteiger partial charge on any atom is -0.392 e. The van der Waals surface area contributed by atoms with Crippen molar-refractivity contribution in [2.75, 3.05) is 18.0 Å². The van der Waals surface area contributed by atoms with Crippen molar-refractivity contribution in [3.63, 3.8) is 0 Å². The van der Waals surface area contributed by atoms with Crippen LogP contribution in [0.25, 0.3) is 0 Å². The van der Waals surface area contributed by atoms with Gasteiger partial charge in [-0.1, -0.05) is 0 Å². The van der Waals surface area contributed by atoms with Gasteiger partial charge in [-0.15, -0.1) is 0 Å². The summed E-state index contributed by atoms with van der Waals surface area (Å²) in [6, 6.07) is 1.83. The maximum atomic E-state index is 12.9. The Bertz CT molecular complexity index is 488. The van der Waals surface area contributed by atoms with E-state index in [0.29, 0.717) is 24.3 Å². The number of halogens is 3. The SMILES string of the molecule is Cc1cc(C)c(CO)c(N2CCCC(C(F)(F)F)C2)n1. The van der Waals surface area contributed by atoms with Crippen molar-refractivity contribution in [3.8, 4) is 0 Å². The molecule has 3 nitrogen and oxygen atoms in total. The highest BCUT2D eigenvalue weighted by molar-refractivity contribution is 5.51. The Morgan fingerprint density at radius 1 is 1.40 bits per heavy atom. The number of piperidine rings is 1. The number of hydrogen-bond acceptors (Lipinski definition) is 3. The van der Waals surface area contributed by atoms with Gasteiger partial charge in [-0.25, -0.2) is 4.98 Å². The van der Waals surface area contributed by atoms with Crippen molar-refractivity contribution in [1.82, 2.24) is 4.98 Å². The number of alkyl halides is 3. The van der Waals surface area contributed by atoms with E-state index in [1.165, 1.54) is 0 Å². The predicted octanol–water partition coefficient (Wildman–Crippen LogP) is 2.97. The summed E-state index contributed by atoms with van der Waals surface area (Å²) in [5.74, 6) is -0.815. The van der Waals surface area contributed by atoms with Gasteiger partial charge in [-0.3, -0.25) is 0 Å². The van der Waals surface area contributed by atoms with E-state index in [9.17, 15) is 18.3 Å². The maximum Gasteiger partial charge on any atom is 0.393 e. The number of aliphatic hydroxyl groups is 1. The molecule has 1 fully saturated rings. The normalized spacial score (nSPS) is 20.3. The third kappa shape index (κ3) is 3.06. The molecule has 20 heavy (non-hydrogen) atoms. The second-order valence-electron chi connectivity index (χ2n) is 5.37. The van der Waals surface area contributed by atoms with Gasteiger partial charge in [0.15, 0.2) is 0 Å². The van der Waals surface area contributed by atoms with Crippen LogP contribution in [0.4, 0.5) is 19.0 Å². The van der Waals surface area contributed by atoms with E-state index in [0.717, 1.165) is 11.3 Å². The van der Waals surface area contributed by atoms with Gasteiger partial charge >= 0.3 is 6.18 Å². The summed E-state index contributed by atoms with van der Waals surface area (Å²) in [6.07, 6.45) is -3.51. The molecule has 0 saturated carbocycles. The van der Waals surface area contributed by atoms with Crippen LogP contribution in [0.5, 0.6) is 0 Å². The van der Waals surface area contributed by atoms with Crippen LogP contribution >= 0.6 is 0 Å². The topological polar surface area (TPSA) is 36.4 Å². The molecule has 2 rings (SSSR count). The third-order valence-corrected chi connectivity index (χ3v) is 3.80. The molecule has 1 aromatic heterocycles. The van der Waals surface area contributed by atoms with Crippen molar-refractivity contribution in [1.29, 1.82) is 0 Å². The summed E-state index contributed by atoms with van der Waals surface area (Å²) in [4.78, 5) is 6.00. The minimum absolute atomic E-state index is 0.0770. The van der Waals surface area contributed by atoms with Gasteiger partial charge in [0.1, 0.15) is 5.82 Å². The molecule has 1 N–H and O–H groups in total. The van der Waals surface area contributed by atoms with Crippen LogP contribution in [0.15, 0.2) is 6.07 Å². The number of nitrogens with zero attached hydrogens (tertiary/aromatic N) is 2. The standard InChI is InChI=1S/C14H19F3N2O/c1-9-6-10(2)18-13(12(9)8-20)19-5-3-4-11(7-19)14(15,16)17/h6,11,20H,3-5,7-8H2,1-2H3. The minimum atomic E-state index is -4.17. The highest BCUT2D eigenvalue weighted by atomic mass is 19.4. The first-order valence-electron chi connectivity index (χ1n) is 6.72. The molecule has 2 heterocycles. The fourth-order valence-corrected chi connectivity index (χ4v) is 2.74. The van der Waals surface area contributed by atoms with E-state index in [1.807, 2.05) is 19.9 Å². The molecule has 0 aromatic carbocycles. The van der Waals surface area contributed by atoms with Gasteiger partial charge in [-0.2, -0.15) is 13.2 Å². The van der Waals surface area contributed by atoms with Gasteiger partial charge in [-0.05, 0) is 38.3 Å². The van der Waals surface area contributed by atoms with Gasteiger partial charge in [0.05, 0.1) is 12.5 Å². The van der Waals surface area contributed by atoms with Crippen molar-refractivity contribution in [2.45, 2.75) is 39.5 Å². The number of hydrogen-bond donors (Lipinski definition) is 1. The molecule has 1 unspecified atom stereocenters. The lowest BCUT2D eigenvalue weighted by Crippen LogP contribution is -2.42. The van der Waals surface area contributed by atoms with Crippen LogP contribution < -0.4 is 4.90 Å². The fraction of sp³-hybridized carbons (Fsp3) is 0.643. The lowest BCUT2D eigenvalue weighted by Gasteiger charge is -2.35. The molecule has 0 bridgehead atoms. The highest BCUT2D eigenvalue weighted by Crippen LogP contribution is 2.35. The molecule has 1 aromatic rings. The zero-order valence-corrected chi connectivity index (χ0v) is 11.7. The first-order chi connectivity index (χ1) is 9.32. The van der Waals surface area contributed by atoms with Crippen LogP contribution in [0, 0.1) is 19.8 Å². The van der Waals surface area contributed by atoms with Gasteiger partial charge in [0.2, 0.25) is 0 Å². The highest BCUT2D eigenvalue weighted by Gasteiger charge is 2.42. The molecule has 0 radical (unpaired) electrons. The van der Waals surface area contributed by atoms with Crippen molar-refractivity contribution >= 4 is 5.82 Å². The van der Waals surface area contributed by atoms with E-state index >= 15 is 0 Å². The molecule has 1 atom stereocenters. The third-order valence-electron chi connectivity index (χ3n) is 3.80. The summed E-state index contributed by atoms with van der Waals surface area (Å²) in [7, 11) is 0. The lowest BCUT2D eigenvalue weighted by atomic mass is 9.96. The number of aliphatic hydroxyl groups excluding tert-OH is 1. The Labute approximate surface area is 116 Å². The van der Waals surface area contributed by atoms with E-state index < -0.39 is 12.1 Å². The molecule has 0 amide bonds. The smallest absolute Gasteiger partial charge is 0.392 e. The van der Waals surface area contributed by atoms with Crippen LogP contribution in [0.1, 0.15) is 29.7 Å². The van der Waals surface area contributed by atoms with Crippen LogP contribution in [0.3, 0.4) is 0 Å². The van der Waals surface area contributed by atoms with E-state index in [2.05, 4.69) is 4.98 Å². The second kappa shape index (κ2) is 5.60. The molecule has 0 aliphatic carbocycles. The number of rotatable bonds is 2. The summed E-state index contributed by atoms with van der Waals surface area (Å²) >= 11 is 0. The Hall–Kier alpha value is -1.30. The molecule has 1 aliphatic heterocycles. The lowest BCUT2D eigenvalue weighted by molar-refractivity contribution is -0.176. The van der Waals surface area contributed by atoms with Gasteiger partial charge < -0.3 is 10.0 Å². The fourth-order valence-electron chi connectivity index (χ4n) is 2.74. The first kappa shape index (κ1) is 15.1. The molecule has 6 heteroatoms. The molecule has 112 valence electrons. The second-order valence-corrected chi connectivity index (χ2v) is 5.37. The summed E-state index contributed by atoms with van der Waals surface area (Å²) in [5, 5.41) is 9.46. The Morgan fingerprint density at radius 2 is 2.10 bits per heavy atom. The number of aromatic nitrogens is 1. The largest absolute Gasteiger partial charge is 0.393 e. The molecular weight excluding hydrogens is 269 g/mol. The van der Waals surface area contributed by atoms with Crippen molar-refractivity contribution < 1.29 is 18.3 Å². The van der Waals surface area contributed by atoms with E-state index in [1.54, 1.807) is 4.90 Å². The number of aryl methyl sites for hydroxylation is 2. The van der Waals surface area contributed by atoms with Gasteiger partial charge in [0, 0.05) is 24.3 Å². The maximum absolute atomic E-state index is 12.9. The average Bonchev–Trinajstić information content (AvgIpc) is 2.37. The monoisotopic (exact) mass is 288 g/mol. The van der Waals surface area contributed by atoms with E-state index in [4.69, 9.17) is 0 Å². The zero-order valence-electron chi connectivity index (χ0n) is 11.7. The quantitative estimate of drug-likeness (QED) is 0.909. The average molecular weight is 288 g/mol. The Morgan fingerprint density at radius 3 is 2.70 bits per heavy atom. The van der Waals surface area contributed by atoms with Crippen LogP contribution in [0.2, 0.25) is 0 Å². The van der Waals surface area contributed by atoms with Crippen LogP contribution in [-0.4, -0.2) is 29.4 Å². The summed E-state index contributed by atoms with van der Waals surface area (Å²) in [5.41, 5.74) is 2.24. The first-order valence-corrected chi connectivity index (χ1v) is 6.72. The zero-order chi connectivity index (χ0) is 14.9. The van der Waals surface area contributed by atoms with Crippen LogP contribution in [-0.2, 0) is 6.61 Å². The van der Waals surface area contributed by atoms with Crippen molar-refractivity contribution in [3.05, 3.63) is 22.9 Å². The van der Waals surface area contributed by atoms with Gasteiger partial charge in [0.25, 0.3) is 0 Å². The number of pyridine rings is 1. The van der Waals surface area contributed by atoms with Crippen molar-refractivity contribution in [2.24, 2.45) is 5.92 Å². The summed E-state index contributed by atoms with van der Waals surface area (Å²) < 4.78 is 38.6.